The van der Waals surface area contributed by atoms with E-state index in [0.29, 0.717) is 14.4 Å². The molecule has 1 amide bonds. The standard InChI is InChI=1S/C10H8BrClF3NO/c1-16(5-10(13,14)15)9(17)7-3-2-6(12)4-8(7)11/h2-4H,5H2,1H3. The SMILES string of the molecule is CN(CC(F)(F)F)C(=O)c1ccc(Cl)cc1Br. The van der Waals surface area contributed by atoms with Crippen molar-refractivity contribution in [3.05, 3.63) is 33.3 Å². The molecule has 1 aromatic carbocycles. The Morgan fingerprint density at radius 1 is 1.47 bits per heavy atom. The lowest BCUT2D eigenvalue weighted by Gasteiger charge is -2.19. The van der Waals surface area contributed by atoms with E-state index in [1.54, 1.807) is 0 Å². The highest BCUT2D eigenvalue weighted by molar-refractivity contribution is 9.10. The van der Waals surface area contributed by atoms with Gasteiger partial charge in [0.05, 0.1) is 5.56 Å². The number of hydrogen-bond donors (Lipinski definition) is 0. The number of amides is 1. The summed E-state index contributed by atoms with van der Waals surface area (Å²) in [5.41, 5.74) is 0.140. The fourth-order valence-electron chi connectivity index (χ4n) is 1.21. The fourth-order valence-corrected chi connectivity index (χ4v) is 2.06. The van der Waals surface area contributed by atoms with E-state index in [9.17, 15) is 18.0 Å². The van der Waals surface area contributed by atoms with E-state index < -0.39 is 18.6 Å². The minimum atomic E-state index is -4.41. The number of carbonyl (C=O) groups excluding carboxylic acids is 1. The maximum atomic E-state index is 12.1. The quantitative estimate of drug-likeness (QED) is 0.809. The molecule has 0 heterocycles. The predicted molar refractivity (Wildman–Crippen MR) is 62.2 cm³/mol. The summed E-state index contributed by atoms with van der Waals surface area (Å²) in [5.74, 6) is -0.717. The van der Waals surface area contributed by atoms with Crippen LogP contribution in [0.15, 0.2) is 22.7 Å². The maximum Gasteiger partial charge on any atom is 0.406 e. The first-order chi connectivity index (χ1) is 7.70. The average molecular weight is 331 g/mol. The molecule has 0 aliphatic rings. The normalized spacial score (nSPS) is 11.4. The van der Waals surface area contributed by atoms with Gasteiger partial charge in [-0.05, 0) is 34.1 Å². The van der Waals surface area contributed by atoms with Crippen molar-refractivity contribution < 1.29 is 18.0 Å². The first-order valence-electron chi connectivity index (χ1n) is 4.48. The van der Waals surface area contributed by atoms with Crippen LogP contribution in [0.5, 0.6) is 0 Å². The summed E-state index contributed by atoms with van der Waals surface area (Å²) in [6.45, 7) is -1.29. The van der Waals surface area contributed by atoms with Gasteiger partial charge in [-0.2, -0.15) is 13.2 Å². The largest absolute Gasteiger partial charge is 0.406 e. The van der Waals surface area contributed by atoms with Crippen molar-refractivity contribution in [3.63, 3.8) is 0 Å². The lowest BCUT2D eigenvalue weighted by atomic mass is 10.2. The van der Waals surface area contributed by atoms with Crippen LogP contribution in [0.1, 0.15) is 10.4 Å². The van der Waals surface area contributed by atoms with E-state index in [1.807, 2.05) is 0 Å². The third-order valence-corrected chi connectivity index (χ3v) is 2.82. The third kappa shape index (κ3) is 4.20. The second-order valence-corrected chi connectivity index (χ2v) is 4.69. The van der Waals surface area contributed by atoms with Crippen LogP contribution in [-0.2, 0) is 0 Å². The molecule has 7 heteroatoms. The first kappa shape index (κ1) is 14.3. The topological polar surface area (TPSA) is 20.3 Å². The van der Waals surface area contributed by atoms with Gasteiger partial charge in [0.1, 0.15) is 6.54 Å². The molecule has 0 saturated heterocycles. The summed E-state index contributed by atoms with van der Waals surface area (Å²) in [6, 6.07) is 4.28. The lowest BCUT2D eigenvalue weighted by molar-refractivity contribution is -0.138. The smallest absolute Gasteiger partial charge is 0.333 e. The van der Waals surface area contributed by atoms with Crippen molar-refractivity contribution in [1.29, 1.82) is 0 Å². The van der Waals surface area contributed by atoms with Gasteiger partial charge >= 0.3 is 6.18 Å². The molecular formula is C10H8BrClF3NO. The van der Waals surface area contributed by atoms with E-state index in [4.69, 9.17) is 11.6 Å². The number of alkyl halides is 3. The van der Waals surface area contributed by atoms with Crippen LogP contribution in [0.3, 0.4) is 0 Å². The van der Waals surface area contributed by atoms with Crippen LogP contribution in [0.2, 0.25) is 5.02 Å². The molecule has 0 aromatic heterocycles. The van der Waals surface area contributed by atoms with E-state index in [1.165, 1.54) is 18.2 Å². The Morgan fingerprint density at radius 2 is 2.06 bits per heavy atom. The summed E-state index contributed by atoms with van der Waals surface area (Å²) >= 11 is 8.76. The number of hydrogen-bond acceptors (Lipinski definition) is 1. The van der Waals surface area contributed by atoms with Gasteiger partial charge in [0.15, 0.2) is 0 Å². The summed E-state index contributed by atoms with van der Waals surface area (Å²) < 4.78 is 36.7. The van der Waals surface area contributed by atoms with E-state index in [0.717, 1.165) is 7.05 Å². The Hall–Kier alpha value is -0.750. The number of halogens is 5. The average Bonchev–Trinajstić information content (AvgIpc) is 2.14. The van der Waals surface area contributed by atoms with Crippen molar-refractivity contribution in [2.24, 2.45) is 0 Å². The zero-order valence-electron chi connectivity index (χ0n) is 8.68. The monoisotopic (exact) mass is 329 g/mol. The molecule has 1 rings (SSSR count). The van der Waals surface area contributed by atoms with Crippen LogP contribution < -0.4 is 0 Å². The van der Waals surface area contributed by atoms with Crippen LogP contribution in [0.25, 0.3) is 0 Å². The molecule has 0 saturated carbocycles. The first-order valence-corrected chi connectivity index (χ1v) is 5.65. The van der Waals surface area contributed by atoms with Crippen molar-refractivity contribution in [2.45, 2.75) is 6.18 Å². The highest BCUT2D eigenvalue weighted by atomic mass is 79.9. The molecule has 0 aliphatic carbocycles. The molecule has 0 radical (unpaired) electrons. The Labute approximate surface area is 109 Å². The molecule has 2 nitrogen and oxygen atoms in total. The minimum absolute atomic E-state index is 0.140. The second-order valence-electron chi connectivity index (χ2n) is 3.40. The van der Waals surface area contributed by atoms with Crippen molar-refractivity contribution in [3.8, 4) is 0 Å². The van der Waals surface area contributed by atoms with Crippen molar-refractivity contribution in [2.75, 3.05) is 13.6 Å². The third-order valence-electron chi connectivity index (χ3n) is 1.92. The molecule has 0 atom stereocenters. The van der Waals surface area contributed by atoms with Crippen LogP contribution in [0, 0.1) is 0 Å². The summed E-state index contributed by atoms with van der Waals surface area (Å²) in [7, 11) is 1.09. The molecule has 94 valence electrons. The summed E-state index contributed by atoms with van der Waals surface area (Å²) in [4.78, 5) is 12.3. The molecule has 0 bridgehead atoms. The fraction of sp³-hybridized carbons (Fsp3) is 0.300. The summed E-state index contributed by atoms with van der Waals surface area (Å²) in [6.07, 6.45) is -4.41. The molecule has 0 spiro atoms. The zero-order chi connectivity index (χ0) is 13.2. The van der Waals surface area contributed by atoms with Gasteiger partial charge in [0.25, 0.3) is 5.91 Å². The molecule has 0 unspecified atom stereocenters. The molecule has 0 N–H and O–H groups in total. The Bertz CT molecular complexity index is 436. The highest BCUT2D eigenvalue weighted by Gasteiger charge is 2.31. The number of benzene rings is 1. The van der Waals surface area contributed by atoms with Crippen LogP contribution in [0.4, 0.5) is 13.2 Å². The van der Waals surface area contributed by atoms with Gasteiger partial charge in [-0.25, -0.2) is 0 Å². The lowest BCUT2D eigenvalue weighted by Crippen LogP contribution is -2.35. The van der Waals surface area contributed by atoms with E-state index in [-0.39, 0.29) is 5.56 Å². The van der Waals surface area contributed by atoms with Crippen molar-refractivity contribution in [1.82, 2.24) is 4.90 Å². The Kier molecular flexibility index (Phi) is 4.43. The Morgan fingerprint density at radius 3 is 2.53 bits per heavy atom. The zero-order valence-corrected chi connectivity index (χ0v) is 11.0. The predicted octanol–water partition coefficient (Wildman–Crippen LogP) is 3.74. The number of nitrogens with zero attached hydrogens (tertiary/aromatic N) is 1. The summed E-state index contributed by atoms with van der Waals surface area (Å²) in [5, 5.41) is 0.395. The van der Waals surface area contributed by atoms with Gasteiger partial charge in [-0.3, -0.25) is 4.79 Å². The van der Waals surface area contributed by atoms with Gasteiger partial charge in [-0.1, -0.05) is 11.6 Å². The van der Waals surface area contributed by atoms with E-state index in [2.05, 4.69) is 15.9 Å². The van der Waals surface area contributed by atoms with Crippen LogP contribution >= 0.6 is 27.5 Å². The van der Waals surface area contributed by atoms with Gasteiger partial charge in [-0.15, -0.1) is 0 Å². The molecule has 0 aliphatic heterocycles. The number of rotatable bonds is 2. The van der Waals surface area contributed by atoms with Gasteiger partial charge in [0, 0.05) is 16.5 Å². The van der Waals surface area contributed by atoms with Crippen LogP contribution in [-0.4, -0.2) is 30.6 Å². The van der Waals surface area contributed by atoms with Gasteiger partial charge < -0.3 is 4.90 Å². The molecule has 0 fully saturated rings. The number of carbonyl (C=O) groups is 1. The molecule has 1 aromatic rings. The molecular weight excluding hydrogens is 322 g/mol. The molecule has 17 heavy (non-hydrogen) atoms. The van der Waals surface area contributed by atoms with Crippen molar-refractivity contribution >= 4 is 33.4 Å². The minimum Gasteiger partial charge on any atom is -0.333 e. The Balaban J connectivity index is 2.89. The maximum absolute atomic E-state index is 12.1. The van der Waals surface area contributed by atoms with E-state index >= 15 is 0 Å². The second kappa shape index (κ2) is 5.27. The van der Waals surface area contributed by atoms with Gasteiger partial charge in [0.2, 0.25) is 0 Å². The highest BCUT2D eigenvalue weighted by Crippen LogP contribution is 2.24.